The quantitative estimate of drug-likeness (QED) is 0.0988. The number of hydrogen-bond acceptors (Lipinski definition) is 6. The van der Waals surface area contributed by atoms with Crippen molar-refractivity contribution in [1.82, 2.24) is 39.5 Å². The Balaban J connectivity index is 1.54. The SMILES string of the molecule is CCc1c(C)c2cc3[nH]c(cc4nc(cc5nc(cc1[nH]2)C(C)=C5CCCN(C)CCCCN(C)CC)C(CCCN(C)CCCCN(C)CC)=C4C)c(C)c3CC. The molecule has 58 heavy (non-hydrogen) atoms. The molecule has 2 aliphatic heterocycles. The molecule has 8 heteroatoms. The van der Waals surface area contributed by atoms with Crippen LogP contribution >= 0.6 is 0 Å². The van der Waals surface area contributed by atoms with Crippen LogP contribution in [0.4, 0.5) is 0 Å². The van der Waals surface area contributed by atoms with Crippen molar-refractivity contribution in [3.63, 3.8) is 0 Å². The third kappa shape index (κ3) is 11.4. The minimum Gasteiger partial charge on any atom is -0.355 e. The zero-order valence-electron chi connectivity index (χ0n) is 38.7. The highest BCUT2D eigenvalue weighted by atomic mass is 15.1. The van der Waals surface area contributed by atoms with Crippen LogP contribution in [0.15, 0.2) is 24.3 Å². The van der Waals surface area contributed by atoms with Crippen molar-refractivity contribution in [2.75, 3.05) is 80.5 Å². The van der Waals surface area contributed by atoms with Gasteiger partial charge < -0.3 is 29.6 Å². The van der Waals surface area contributed by atoms with Crippen molar-refractivity contribution in [3.8, 4) is 0 Å². The molecule has 0 fully saturated rings. The molecule has 0 saturated carbocycles. The van der Waals surface area contributed by atoms with Crippen LogP contribution in [0, 0.1) is 13.8 Å². The van der Waals surface area contributed by atoms with Crippen molar-refractivity contribution >= 4 is 44.4 Å². The summed E-state index contributed by atoms with van der Waals surface area (Å²) in [5.74, 6) is 0. The Labute approximate surface area is 352 Å². The summed E-state index contributed by atoms with van der Waals surface area (Å²) in [6.45, 7) is 27.2. The van der Waals surface area contributed by atoms with Crippen LogP contribution in [-0.4, -0.2) is 120 Å². The fourth-order valence-corrected chi connectivity index (χ4v) is 8.88. The summed E-state index contributed by atoms with van der Waals surface area (Å²) in [6, 6.07) is 9.28. The smallest absolute Gasteiger partial charge is 0.0694 e. The third-order valence-corrected chi connectivity index (χ3v) is 13.2. The van der Waals surface area contributed by atoms with Crippen molar-refractivity contribution in [1.29, 1.82) is 0 Å². The molecule has 3 aromatic rings. The molecule has 2 N–H and O–H groups in total. The second-order valence-corrected chi connectivity index (χ2v) is 17.4. The summed E-state index contributed by atoms with van der Waals surface area (Å²) in [6.07, 6.45) is 11.1. The van der Waals surface area contributed by atoms with E-state index in [0.29, 0.717) is 0 Å². The monoisotopic (exact) mass is 791 g/mol. The molecule has 0 amide bonds. The average Bonchev–Trinajstić information content (AvgIpc) is 3.87. The maximum absolute atomic E-state index is 5.46. The second-order valence-electron chi connectivity index (χ2n) is 17.4. The Morgan fingerprint density at radius 3 is 1.21 bits per heavy atom. The summed E-state index contributed by atoms with van der Waals surface area (Å²) in [4.78, 5) is 28.4. The van der Waals surface area contributed by atoms with E-state index in [1.165, 1.54) is 99.9 Å². The number of H-pyrrole nitrogens is 2. The molecular weight excluding hydrogens is 713 g/mol. The van der Waals surface area contributed by atoms with Crippen LogP contribution in [-0.2, 0) is 12.8 Å². The molecule has 2 aliphatic rings. The highest BCUT2D eigenvalue weighted by molar-refractivity contribution is 5.95. The summed E-state index contributed by atoms with van der Waals surface area (Å²) in [5.41, 5.74) is 19.6. The molecule has 5 rings (SSSR count). The molecule has 0 spiro atoms. The van der Waals surface area contributed by atoms with Gasteiger partial charge in [-0.25, -0.2) is 9.97 Å². The van der Waals surface area contributed by atoms with Crippen LogP contribution in [0.3, 0.4) is 0 Å². The third-order valence-electron chi connectivity index (χ3n) is 13.2. The van der Waals surface area contributed by atoms with Crippen molar-refractivity contribution < 1.29 is 0 Å². The predicted molar refractivity (Wildman–Crippen MR) is 252 cm³/mol. The van der Waals surface area contributed by atoms with E-state index in [-0.39, 0.29) is 0 Å². The maximum atomic E-state index is 5.46. The number of aromatic amines is 2. The number of fused-ring (bicyclic) bond motifs is 8. The number of aromatic nitrogens is 4. The van der Waals surface area contributed by atoms with E-state index in [9.17, 15) is 0 Å². The first-order valence-electron chi connectivity index (χ1n) is 22.8. The second kappa shape index (κ2) is 21.6. The Hall–Kier alpha value is -3.56. The van der Waals surface area contributed by atoms with Gasteiger partial charge in [0.05, 0.1) is 22.8 Å². The van der Waals surface area contributed by atoms with E-state index in [0.717, 1.165) is 106 Å². The van der Waals surface area contributed by atoms with E-state index in [4.69, 9.17) is 9.97 Å². The topological polar surface area (TPSA) is 70.3 Å². The molecular formula is C50H78N8. The number of nitrogens with one attached hydrogen (secondary N) is 2. The molecule has 0 atom stereocenters. The standard InChI is InChI=1S/C50H78N8/c1-13-39-35(5)43-31-44-37(7)41(23-21-29-57(11)27-19-17-25-55(9)15-3)49(53-44)34-50-42(24-22-30-58(12)28-20-18-26-56(10)16-4)38(8)46(54-50)33-48-40(14-2)36(6)45(52-48)32-47(39)51-43/h31-34,51-52H,13-30H2,1-12H3. The lowest BCUT2D eigenvalue weighted by Gasteiger charge is -2.18. The summed E-state index contributed by atoms with van der Waals surface area (Å²) < 4.78 is 0. The Morgan fingerprint density at radius 1 is 0.431 bits per heavy atom. The molecule has 0 aromatic carbocycles. The van der Waals surface area contributed by atoms with Crippen LogP contribution in [0.2, 0.25) is 0 Å². The minimum atomic E-state index is 0.964. The van der Waals surface area contributed by atoms with E-state index in [2.05, 4.69) is 137 Å². The number of allylic oxidation sites excluding steroid dienone is 4. The summed E-state index contributed by atoms with van der Waals surface area (Å²) >= 11 is 0. The number of hydrogen-bond donors (Lipinski definition) is 2. The largest absolute Gasteiger partial charge is 0.355 e. The lowest BCUT2D eigenvalue weighted by molar-refractivity contribution is 0.298. The van der Waals surface area contributed by atoms with Gasteiger partial charge in [0, 0.05) is 22.1 Å². The molecule has 0 radical (unpaired) electrons. The highest BCUT2D eigenvalue weighted by Crippen LogP contribution is 2.38. The molecule has 5 heterocycles. The molecule has 3 aromatic heterocycles. The van der Waals surface area contributed by atoms with Gasteiger partial charge in [-0.05, 0) is 241 Å². The number of nitrogens with zero attached hydrogens (tertiary/aromatic N) is 6. The zero-order chi connectivity index (χ0) is 41.9. The normalized spacial score (nSPS) is 13.5. The Bertz CT molecular complexity index is 2060. The van der Waals surface area contributed by atoms with Gasteiger partial charge in [0.25, 0.3) is 0 Å². The van der Waals surface area contributed by atoms with Crippen LogP contribution in [0.1, 0.15) is 138 Å². The highest BCUT2D eigenvalue weighted by Gasteiger charge is 2.22. The van der Waals surface area contributed by atoms with Gasteiger partial charge in [0.1, 0.15) is 0 Å². The van der Waals surface area contributed by atoms with Crippen LogP contribution in [0.5, 0.6) is 0 Å². The van der Waals surface area contributed by atoms with Crippen molar-refractivity contribution in [2.45, 2.75) is 120 Å². The number of aryl methyl sites for hydroxylation is 4. The molecule has 0 saturated heterocycles. The average molecular weight is 791 g/mol. The van der Waals surface area contributed by atoms with Crippen molar-refractivity contribution in [2.24, 2.45) is 0 Å². The van der Waals surface area contributed by atoms with E-state index in [1.807, 2.05) is 0 Å². The molecule has 8 bridgehead atoms. The molecule has 0 unspecified atom stereocenters. The number of unbranched alkanes of at least 4 members (excludes halogenated alkanes) is 2. The van der Waals surface area contributed by atoms with Crippen LogP contribution < -0.4 is 0 Å². The van der Waals surface area contributed by atoms with Gasteiger partial charge in [-0.2, -0.15) is 0 Å². The maximum Gasteiger partial charge on any atom is 0.0694 e. The fraction of sp³-hybridized carbons (Fsp3) is 0.600. The van der Waals surface area contributed by atoms with Crippen molar-refractivity contribution in [3.05, 3.63) is 69.3 Å². The zero-order valence-corrected chi connectivity index (χ0v) is 38.7. The van der Waals surface area contributed by atoms with Gasteiger partial charge in [-0.15, -0.1) is 0 Å². The van der Waals surface area contributed by atoms with Gasteiger partial charge in [0.15, 0.2) is 0 Å². The van der Waals surface area contributed by atoms with Gasteiger partial charge in [-0.1, -0.05) is 27.7 Å². The lowest BCUT2D eigenvalue weighted by atomic mass is 9.98. The summed E-state index contributed by atoms with van der Waals surface area (Å²) in [7, 11) is 9.01. The minimum absolute atomic E-state index is 0.964. The number of rotatable bonds is 22. The van der Waals surface area contributed by atoms with E-state index >= 15 is 0 Å². The van der Waals surface area contributed by atoms with Gasteiger partial charge >= 0.3 is 0 Å². The Kier molecular flexibility index (Phi) is 17.0. The first-order valence-corrected chi connectivity index (χ1v) is 22.8. The first-order chi connectivity index (χ1) is 27.9. The molecule has 8 nitrogen and oxygen atoms in total. The Morgan fingerprint density at radius 2 is 0.793 bits per heavy atom. The van der Waals surface area contributed by atoms with Gasteiger partial charge in [0.2, 0.25) is 0 Å². The molecule has 318 valence electrons. The predicted octanol–water partition coefficient (Wildman–Crippen LogP) is 10.8. The fourth-order valence-electron chi connectivity index (χ4n) is 8.88. The van der Waals surface area contributed by atoms with Crippen LogP contribution in [0.25, 0.3) is 44.4 Å². The lowest BCUT2D eigenvalue weighted by Crippen LogP contribution is -2.23. The van der Waals surface area contributed by atoms with E-state index < -0.39 is 0 Å². The van der Waals surface area contributed by atoms with Gasteiger partial charge in [-0.3, -0.25) is 0 Å². The first kappa shape index (κ1) is 45.5. The van der Waals surface area contributed by atoms with E-state index in [1.54, 1.807) is 0 Å². The molecule has 0 aliphatic carbocycles. The summed E-state index contributed by atoms with van der Waals surface area (Å²) in [5, 5.41) is 0.